The Bertz CT molecular complexity index is 3220. The van der Waals surface area contributed by atoms with Crippen LogP contribution in [0.25, 0.3) is 110 Å². The number of aromatic nitrogens is 3. The first-order valence-corrected chi connectivity index (χ1v) is 19.5. The second-order valence-electron chi connectivity index (χ2n) is 13.9. The molecule has 4 heterocycles. The third kappa shape index (κ3) is 5.48. The summed E-state index contributed by atoms with van der Waals surface area (Å²) in [7, 11) is 0. The van der Waals surface area contributed by atoms with Gasteiger partial charge in [-0.2, -0.15) is 0 Å². The Balaban J connectivity index is 1.02. The fourth-order valence-electron chi connectivity index (χ4n) is 7.86. The summed E-state index contributed by atoms with van der Waals surface area (Å²) in [6.07, 6.45) is 1.82. The van der Waals surface area contributed by atoms with Crippen LogP contribution < -0.4 is 0 Å². The van der Waals surface area contributed by atoms with E-state index in [2.05, 4.69) is 145 Å². The zero-order valence-electron chi connectivity index (χ0n) is 30.1. The summed E-state index contributed by atoms with van der Waals surface area (Å²) in [4.78, 5) is 14.7. The number of hydrogen-bond acceptors (Lipinski definition) is 5. The van der Waals surface area contributed by atoms with Gasteiger partial charge in [-0.3, -0.25) is 4.98 Å². The average molecular weight is 734 g/mol. The molecule has 56 heavy (non-hydrogen) atoms. The highest BCUT2D eigenvalue weighted by Crippen LogP contribution is 2.46. The van der Waals surface area contributed by atoms with E-state index in [1.54, 1.807) is 0 Å². The number of thiophene rings is 1. The Morgan fingerprint density at radius 2 is 1.04 bits per heavy atom. The van der Waals surface area contributed by atoms with Crippen molar-refractivity contribution in [2.45, 2.75) is 0 Å². The molecule has 11 rings (SSSR count). The van der Waals surface area contributed by atoms with E-state index >= 15 is 0 Å². The van der Waals surface area contributed by atoms with Gasteiger partial charge in [0.2, 0.25) is 0 Å². The van der Waals surface area contributed by atoms with Gasteiger partial charge in [0.1, 0.15) is 11.2 Å². The highest BCUT2D eigenvalue weighted by atomic mass is 32.1. The molecule has 0 fully saturated rings. The molecule has 0 saturated heterocycles. The Morgan fingerprint density at radius 3 is 1.82 bits per heavy atom. The molecule has 0 aliphatic carbocycles. The first kappa shape index (κ1) is 32.2. The summed E-state index contributed by atoms with van der Waals surface area (Å²) in [5.74, 6) is 0.669. The van der Waals surface area contributed by atoms with E-state index in [9.17, 15) is 0 Å². The fourth-order valence-corrected chi connectivity index (χ4v) is 9.09. The van der Waals surface area contributed by atoms with Crippen LogP contribution in [0.2, 0.25) is 0 Å². The smallest absolute Gasteiger partial charge is 0.160 e. The maximum absolute atomic E-state index is 6.73. The molecule has 4 aromatic heterocycles. The summed E-state index contributed by atoms with van der Waals surface area (Å²) in [5.41, 5.74) is 13.0. The third-order valence-corrected chi connectivity index (χ3v) is 11.8. The second-order valence-corrected chi connectivity index (χ2v) is 15.0. The Kier molecular flexibility index (Phi) is 7.64. The topological polar surface area (TPSA) is 51.8 Å². The number of furan rings is 1. The lowest BCUT2D eigenvalue weighted by Crippen LogP contribution is -1.96. The van der Waals surface area contributed by atoms with Crippen LogP contribution in [0.3, 0.4) is 0 Å². The zero-order chi connectivity index (χ0) is 37.0. The zero-order valence-corrected chi connectivity index (χ0v) is 30.9. The molecule has 0 aliphatic rings. The molecule has 5 heteroatoms. The summed E-state index contributed by atoms with van der Waals surface area (Å²) in [6.45, 7) is 0. The summed E-state index contributed by atoms with van der Waals surface area (Å²) in [5, 5.41) is 4.82. The fraction of sp³-hybridized carbons (Fsp3) is 0. The molecule has 0 aliphatic heterocycles. The number of benzene rings is 7. The van der Waals surface area contributed by atoms with Crippen molar-refractivity contribution in [2.24, 2.45) is 0 Å². The minimum Gasteiger partial charge on any atom is -0.455 e. The lowest BCUT2D eigenvalue weighted by Gasteiger charge is -2.11. The van der Waals surface area contributed by atoms with Gasteiger partial charge in [-0.1, -0.05) is 146 Å². The molecule has 0 bridgehead atoms. The maximum atomic E-state index is 6.73. The van der Waals surface area contributed by atoms with E-state index in [0.29, 0.717) is 5.82 Å². The maximum Gasteiger partial charge on any atom is 0.160 e. The van der Waals surface area contributed by atoms with Gasteiger partial charge < -0.3 is 4.42 Å². The van der Waals surface area contributed by atoms with Gasteiger partial charge in [-0.15, -0.1) is 11.3 Å². The van der Waals surface area contributed by atoms with Gasteiger partial charge >= 0.3 is 0 Å². The first-order chi connectivity index (χ1) is 27.7. The molecule has 0 amide bonds. The molecule has 4 nitrogen and oxygen atoms in total. The predicted octanol–water partition coefficient (Wildman–Crippen LogP) is 14.1. The van der Waals surface area contributed by atoms with Crippen molar-refractivity contribution >= 4 is 53.4 Å². The van der Waals surface area contributed by atoms with Gasteiger partial charge in [0.05, 0.1) is 17.1 Å². The number of hydrogen-bond donors (Lipinski definition) is 0. The van der Waals surface area contributed by atoms with Crippen LogP contribution >= 0.6 is 11.3 Å². The molecule has 262 valence electrons. The summed E-state index contributed by atoms with van der Waals surface area (Å²) < 4.78 is 9.31. The highest BCUT2D eigenvalue weighted by molar-refractivity contribution is 7.26. The molecule has 0 spiro atoms. The number of pyridine rings is 1. The largest absolute Gasteiger partial charge is 0.455 e. The minimum absolute atomic E-state index is 0.669. The molecule has 11 aromatic rings. The van der Waals surface area contributed by atoms with Gasteiger partial charge in [0.25, 0.3) is 0 Å². The van der Waals surface area contributed by atoms with Gasteiger partial charge in [0.15, 0.2) is 5.82 Å². The van der Waals surface area contributed by atoms with E-state index in [0.717, 1.165) is 72.4 Å². The van der Waals surface area contributed by atoms with Crippen molar-refractivity contribution in [3.05, 3.63) is 188 Å². The van der Waals surface area contributed by atoms with E-state index < -0.39 is 0 Å². The van der Waals surface area contributed by atoms with Crippen LogP contribution in [0.1, 0.15) is 0 Å². The molecular weight excluding hydrogens is 703 g/mol. The van der Waals surface area contributed by atoms with Crippen molar-refractivity contribution < 1.29 is 4.42 Å². The monoisotopic (exact) mass is 733 g/mol. The molecule has 0 N–H and O–H groups in total. The predicted molar refractivity (Wildman–Crippen MR) is 233 cm³/mol. The first-order valence-electron chi connectivity index (χ1n) is 18.7. The van der Waals surface area contributed by atoms with E-state index in [1.165, 1.54) is 31.3 Å². The van der Waals surface area contributed by atoms with Crippen LogP contribution in [0, 0.1) is 0 Å². The normalized spacial score (nSPS) is 11.6. The number of rotatable bonds is 6. The van der Waals surface area contributed by atoms with Crippen molar-refractivity contribution in [2.75, 3.05) is 0 Å². The van der Waals surface area contributed by atoms with Crippen LogP contribution in [0.5, 0.6) is 0 Å². The van der Waals surface area contributed by atoms with Crippen LogP contribution in [0.15, 0.2) is 193 Å². The molecule has 0 radical (unpaired) electrons. The number of nitrogens with zero attached hydrogens (tertiary/aromatic N) is 3. The lowest BCUT2D eigenvalue weighted by atomic mass is 9.93. The number of para-hydroxylation sites is 1. The summed E-state index contributed by atoms with van der Waals surface area (Å²) >= 11 is 1.85. The van der Waals surface area contributed by atoms with E-state index in [1.807, 2.05) is 60.0 Å². The molecule has 0 unspecified atom stereocenters. The lowest BCUT2D eigenvalue weighted by molar-refractivity contribution is 0.670. The van der Waals surface area contributed by atoms with Crippen LogP contribution in [0.4, 0.5) is 0 Å². The molecular formula is C51H31N3OS. The SMILES string of the molecule is c1ccc(-c2cc(-c3ccc(-c4ccccn4)cc3)nc(-c3ccc(-c4ccc(-c5cccc6c5sc5ccccc56)c5c4oc4ccccc45)cc3)n2)cc1. The van der Waals surface area contributed by atoms with Crippen molar-refractivity contribution in [1.29, 1.82) is 0 Å². The molecule has 7 aromatic carbocycles. The summed E-state index contributed by atoms with van der Waals surface area (Å²) in [6, 6.07) is 63.5. The molecule has 0 saturated carbocycles. The number of fused-ring (bicyclic) bond motifs is 6. The van der Waals surface area contributed by atoms with Crippen LogP contribution in [-0.4, -0.2) is 15.0 Å². The van der Waals surface area contributed by atoms with Crippen molar-refractivity contribution in [3.8, 4) is 67.4 Å². The van der Waals surface area contributed by atoms with Gasteiger partial charge in [-0.05, 0) is 47.5 Å². The molecule has 0 atom stereocenters. The Hall–Kier alpha value is -7.21. The quantitative estimate of drug-likeness (QED) is 0.171. The minimum atomic E-state index is 0.669. The van der Waals surface area contributed by atoms with E-state index in [4.69, 9.17) is 14.4 Å². The average Bonchev–Trinajstić information content (AvgIpc) is 3.86. The Labute approximate surface area is 327 Å². The van der Waals surface area contributed by atoms with Gasteiger partial charge in [-0.25, -0.2) is 9.97 Å². The van der Waals surface area contributed by atoms with Crippen molar-refractivity contribution in [3.63, 3.8) is 0 Å². The van der Waals surface area contributed by atoms with Crippen molar-refractivity contribution in [1.82, 2.24) is 15.0 Å². The van der Waals surface area contributed by atoms with Crippen LogP contribution in [-0.2, 0) is 0 Å². The highest BCUT2D eigenvalue weighted by Gasteiger charge is 2.20. The Morgan fingerprint density at radius 1 is 0.411 bits per heavy atom. The van der Waals surface area contributed by atoms with Gasteiger partial charge in [0, 0.05) is 70.5 Å². The second kappa shape index (κ2) is 13.3. The third-order valence-electron chi connectivity index (χ3n) is 10.6. The van der Waals surface area contributed by atoms with E-state index in [-0.39, 0.29) is 0 Å². The standard InChI is InChI=1S/C51H31N3OS/c1-2-11-33(12-3-1)44-31-45(35-24-22-34(23-25-35)43-17-8-9-30-52-43)54-51(53-44)36-26-20-32(21-27-36)37-28-29-39(48-42-14-4-6-18-46(42)55-49(37)48)41-16-10-15-40-38-13-5-7-19-47(38)56-50(40)41/h1-31H.